The molecule has 0 bridgehead atoms. The minimum atomic E-state index is 0.555. The van der Waals surface area contributed by atoms with Crippen molar-refractivity contribution in [3.8, 4) is 0 Å². The second kappa shape index (κ2) is 7.34. The fourth-order valence-corrected chi connectivity index (χ4v) is 1.84. The zero-order valence-corrected chi connectivity index (χ0v) is 10.7. The summed E-state index contributed by atoms with van der Waals surface area (Å²) in [6.45, 7) is 7.46. The van der Waals surface area contributed by atoms with Gasteiger partial charge >= 0.3 is 0 Å². The molecule has 0 aliphatic carbocycles. The van der Waals surface area contributed by atoms with E-state index in [0.29, 0.717) is 6.04 Å². The molecule has 1 unspecified atom stereocenters. The van der Waals surface area contributed by atoms with Crippen molar-refractivity contribution in [2.24, 2.45) is 0 Å². The van der Waals surface area contributed by atoms with Gasteiger partial charge in [-0.1, -0.05) is 20.3 Å². The molecule has 1 rings (SSSR count). The van der Waals surface area contributed by atoms with Crippen molar-refractivity contribution in [2.75, 3.05) is 6.54 Å². The van der Waals surface area contributed by atoms with Crippen LogP contribution in [0.25, 0.3) is 0 Å². The van der Waals surface area contributed by atoms with Gasteiger partial charge in [-0.3, -0.25) is 0 Å². The van der Waals surface area contributed by atoms with Crippen LogP contribution in [0.1, 0.15) is 44.6 Å². The Morgan fingerprint density at radius 2 is 2.12 bits per heavy atom. The highest BCUT2D eigenvalue weighted by atomic mass is 14.9. The average Bonchev–Trinajstić information content (AvgIpc) is 2.26. The summed E-state index contributed by atoms with van der Waals surface area (Å²) in [4.78, 5) is 8.58. The minimum absolute atomic E-state index is 0.555. The fraction of sp³-hybridized carbons (Fsp3) is 0.692. The summed E-state index contributed by atoms with van der Waals surface area (Å²) in [6.07, 6.45) is 6.47. The zero-order valence-electron chi connectivity index (χ0n) is 10.7. The van der Waals surface area contributed by atoms with E-state index in [1.54, 1.807) is 0 Å². The lowest BCUT2D eigenvalue weighted by Gasteiger charge is -2.17. The molecule has 0 amide bonds. The molecule has 1 aromatic heterocycles. The Bertz CT molecular complexity index is 299. The number of aryl methyl sites for hydroxylation is 1. The van der Waals surface area contributed by atoms with Gasteiger partial charge in [-0.15, -0.1) is 0 Å². The summed E-state index contributed by atoms with van der Waals surface area (Å²) in [6, 6.07) is 2.57. The highest BCUT2D eigenvalue weighted by molar-refractivity contribution is 5.03. The smallest absolute Gasteiger partial charge is 0.125 e. The van der Waals surface area contributed by atoms with Crippen molar-refractivity contribution in [1.29, 1.82) is 0 Å². The van der Waals surface area contributed by atoms with Crippen LogP contribution < -0.4 is 5.32 Å². The van der Waals surface area contributed by atoms with Gasteiger partial charge in [0, 0.05) is 24.4 Å². The molecule has 0 aliphatic rings. The maximum atomic E-state index is 4.45. The third kappa shape index (κ3) is 4.71. The maximum Gasteiger partial charge on any atom is 0.125 e. The van der Waals surface area contributed by atoms with Crippen molar-refractivity contribution >= 4 is 0 Å². The van der Waals surface area contributed by atoms with Crippen LogP contribution in [0.3, 0.4) is 0 Å². The highest BCUT2D eigenvalue weighted by Gasteiger charge is 2.08. The van der Waals surface area contributed by atoms with Gasteiger partial charge in [0.2, 0.25) is 0 Å². The van der Waals surface area contributed by atoms with Crippen molar-refractivity contribution in [1.82, 2.24) is 15.3 Å². The summed E-state index contributed by atoms with van der Waals surface area (Å²) in [5, 5.41) is 3.58. The van der Waals surface area contributed by atoms with Gasteiger partial charge in [-0.05, 0) is 32.4 Å². The summed E-state index contributed by atoms with van der Waals surface area (Å²) >= 11 is 0. The third-order valence-electron chi connectivity index (χ3n) is 2.61. The highest BCUT2D eigenvalue weighted by Crippen LogP contribution is 2.05. The van der Waals surface area contributed by atoms with Crippen molar-refractivity contribution in [3.05, 3.63) is 23.8 Å². The van der Waals surface area contributed by atoms with E-state index >= 15 is 0 Å². The topological polar surface area (TPSA) is 37.8 Å². The quantitative estimate of drug-likeness (QED) is 0.768. The molecule has 0 radical (unpaired) electrons. The third-order valence-corrected chi connectivity index (χ3v) is 2.61. The van der Waals surface area contributed by atoms with E-state index < -0.39 is 0 Å². The van der Waals surface area contributed by atoms with Gasteiger partial charge < -0.3 is 5.32 Å². The van der Waals surface area contributed by atoms with Crippen LogP contribution in [0.4, 0.5) is 0 Å². The maximum absolute atomic E-state index is 4.45. The normalized spacial score (nSPS) is 12.7. The van der Waals surface area contributed by atoms with Crippen LogP contribution in [0, 0.1) is 6.92 Å². The number of nitrogens with one attached hydrogen (secondary N) is 1. The number of nitrogens with zero attached hydrogens (tertiary/aromatic N) is 2. The molecule has 1 heterocycles. The molecule has 0 saturated carbocycles. The number of rotatable bonds is 7. The van der Waals surface area contributed by atoms with Gasteiger partial charge in [0.15, 0.2) is 0 Å². The Hall–Kier alpha value is -0.960. The van der Waals surface area contributed by atoms with Crippen molar-refractivity contribution in [3.63, 3.8) is 0 Å². The SMILES string of the molecule is CCCNC(CCC)Cc1ccnc(C)n1. The molecule has 16 heavy (non-hydrogen) atoms. The van der Waals surface area contributed by atoms with Crippen molar-refractivity contribution in [2.45, 2.75) is 52.5 Å². The molecular formula is C13H23N3. The molecule has 90 valence electrons. The first-order valence-electron chi connectivity index (χ1n) is 6.28. The standard InChI is InChI=1S/C13H23N3/c1-4-6-12(15-8-5-2)10-13-7-9-14-11(3)16-13/h7,9,12,15H,4-6,8,10H2,1-3H3. The molecule has 0 saturated heterocycles. The molecule has 1 aromatic rings. The van der Waals surface area contributed by atoms with E-state index in [-0.39, 0.29) is 0 Å². The molecule has 0 fully saturated rings. The lowest BCUT2D eigenvalue weighted by molar-refractivity contribution is 0.468. The van der Waals surface area contributed by atoms with Crippen LogP contribution in [0.15, 0.2) is 12.3 Å². The Kier molecular flexibility index (Phi) is 6.01. The van der Waals surface area contributed by atoms with Crippen LogP contribution >= 0.6 is 0 Å². The zero-order chi connectivity index (χ0) is 11.8. The number of hydrogen-bond acceptors (Lipinski definition) is 3. The van der Waals surface area contributed by atoms with Gasteiger partial charge in [0.25, 0.3) is 0 Å². The van der Waals surface area contributed by atoms with Crippen LogP contribution in [-0.2, 0) is 6.42 Å². The Morgan fingerprint density at radius 1 is 1.31 bits per heavy atom. The molecule has 3 nitrogen and oxygen atoms in total. The summed E-state index contributed by atoms with van der Waals surface area (Å²) in [7, 11) is 0. The molecule has 0 aliphatic heterocycles. The van der Waals surface area contributed by atoms with Crippen LogP contribution in [0.2, 0.25) is 0 Å². The largest absolute Gasteiger partial charge is 0.314 e. The predicted molar refractivity (Wildman–Crippen MR) is 67.5 cm³/mol. The predicted octanol–water partition coefficient (Wildman–Crippen LogP) is 2.50. The Balaban J connectivity index is 2.52. The first-order chi connectivity index (χ1) is 7.76. The van der Waals surface area contributed by atoms with Gasteiger partial charge in [0.1, 0.15) is 5.82 Å². The van der Waals surface area contributed by atoms with Gasteiger partial charge in [-0.2, -0.15) is 0 Å². The second-order valence-corrected chi connectivity index (χ2v) is 4.24. The molecular weight excluding hydrogens is 198 g/mol. The van der Waals surface area contributed by atoms with Crippen molar-refractivity contribution < 1.29 is 0 Å². The molecule has 1 N–H and O–H groups in total. The summed E-state index contributed by atoms with van der Waals surface area (Å²) in [5.41, 5.74) is 1.15. The van der Waals surface area contributed by atoms with Crippen LogP contribution in [0.5, 0.6) is 0 Å². The molecule has 3 heteroatoms. The van der Waals surface area contributed by atoms with Crippen LogP contribution in [-0.4, -0.2) is 22.6 Å². The average molecular weight is 221 g/mol. The number of aromatic nitrogens is 2. The van der Waals surface area contributed by atoms with Gasteiger partial charge in [0.05, 0.1) is 0 Å². The van der Waals surface area contributed by atoms with E-state index in [2.05, 4.69) is 29.1 Å². The number of hydrogen-bond donors (Lipinski definition) is 1. The lowest BCUT2D eigenvalue weighted by Crippen LogP contribution is -2.32. The Morgan fingerprint density at radius 3 is 2.75 bits per heavy atom. The van der Waals surface area contributed by atoms with Gasteiger partial charge in [-0.25, -0.2) is 9.97 Å². The Labute approximate surface area is 98.7 Å². The minimum Gasteiger partial charge on any atom is -0.314 e. The summed E-state index contributed by atoms with van der Waals surface area (Å²) < 4.78 is 0. The van der Waals surface area contributed by atoms with E-state index in [9.17, 15) is 0 Å². The molecule has 0 aromatic carbocycles. The molecule has 0 spiro atoms. The fourth-order valence-electron chi connectivity index (χ4n) is 1.84. The second-order valence-electron chi connectivity index (χ2n) is 4.24. The van der Waals surface area contributed by atoms with E-state index in [1.165, 1.54) is 19.3 Å². The lowest BCUT2D eigenvalue weighted by atomic mass is 10.1. The van der Waals surface area contributed by atoms with E-state index in [4.69, 9.17) is 0 Å². The van der Waals surface area contributed by atoms with E-state index in [1.807, 2.05) is 19.2 Å². The first-order valence-corrected chi connectivity index (χ1v) is 6.28. The molecule has 1 atom stereocenters. The van der Waals surface area contributed by atoms with E-state index in [0.717, 1.165) is 24.5 Å². The first kappa shape index (κ1) is 13.1. The summed E-state index contributed by atoms with van der Waals surface area (Å²) in [5.74, 6) is 0.864. The monoisotopic (exact) mass is 221 g/mol.